The smallest absolute Gasteiger partial charge is 0.302 e. The average Bonchev–Trinajstić information content (AvgIpc) is 3.09. The molecular formula is C19H24N4O5. The first-order valence-electron chi connectivity index (χ1n) is 9.10. The molecule has 1 aliphatic heterocycles. The molecule has 0 saturated carbocycles. The highest BCUT2D eigenvalue weighted by Crippen LogP contribution is 2.25. The summed E-state index contributed by atoms with van der Waals surface area (Å²) in [5.74, 6) is 0.920. The molecule has 1 aliphatic rings. The van der Waals surface area contributed by atoms with Crippen molar-refractivity contribution in [3.63, 3.8) is 0 Å². The van der Waals surface area contributed by atoms with Crippen molar-refractivity contribution >= 4 is 5.97 Å². The normalized spacial score (nSPS) is 22.2. The van der Waals surface area contributed by atoms with Crippen LogP contribution in [0.4, 0.5) is 0 Å². The molecule has 0 spiro atoms. The second-order valence-electron chi connectivity index (χ2n) is 6.76. The molecular weight excluding hydrogens is 364 g/mol. The van der Waals surface area contributed by atoms with Gasteiger partial charge >= 0.3 is 5.97 Å². The lowest BCUT2D eigenvalue weighted by atomic mass is 10.1. The Balaban J connectivity index is 1.60. The van der Waals surface area contributed by atoms with Gasteiger partial charge in [-0.25, -0.2) is 0 Å². The number of hydrogen-bond acceptors (Lipinski definition) is 8. The summed E-state index contributed by atoms with van der Waals surface area (Å²) < 4.78 is 16.3. The minimum absolute atomic E-state index is 0.0169. The van der Waals surface area contributed by atoms with Gasteiger partial charge in [-0.05, 0) is 36.8 Å². The Hall–Kier alpha value is -2.52. The van der Waals surface area contributed by atoms with Crippen LogP contribution in [-0.4, -0.2) is 56.2 Å². The lowest BCUT2D eigenvalue weighted by Gasteiger charge is -2.31. The number of tetrazole rings is 1. The highest BCUT2D eigenvalue weighted by molar-refractivity contribution is 5.65. The van der Waals surface area contributed by atoms with E-state index in [1.54, 1.807) is 0 Å². The summed E-state index contributed by atoms with van der Waals surface area (Å²) in [5, 5.41) is 22.4. The number of rotatable bonds is 7. The van der Waals surface area contributed by atoms with E-state index >= 15 is 0 Å². The number of ether oxygens (including phenoxy) is 3. The van der Waals surface area contributed by atoms with Crippen molar-refractivity contribution in [2.45, 2.75) is 51.7 Å². The summed E-state index contributed by atoms with van der Waals surface area (Å²) in [6, 6.07) is 7.72. The van der Waals surface area contributed by atoms with Crippen LogP contribution < -0.4 is 4.74 Å². The Morgan fingerprint density at radius 1 is 1.29 bits per heavy atom. The number of aliphatic hydroxyl groups excluding tert-OH is 1. The molecule has 150 valence electrons. The molecule has 9 heteroatoms. The average molecular weight is 388 g/mol. The summed E-state index contributed by atoms with van der Waals surface area (Å²) >= 11 is 0. The molecule has 1 aromatic carbocycles. The second-order valence-corrected chi connectivity index (χ2v) is 6.76. The zero-order chi connectivity index (χ0) is 20.1. The van der Waals surface area contributed by atoms with Crippen molar-refractivity contribution in [1.29, 1.82) is 0 Å². The van der Waals surface area contributed by atoms with Crippen LogP contribution >= 0.6 is 0 Å². The van der Waals surface area contributed by atoms with E-state index in [1.807, 2.05) is 38.1 Å². The summed E-state index contributed by atoms with van der Waals surface area (Å²) in [4.78, 5) is 12.3. The van der Waals surface area contributed by atoms with Crippen LogP contribution in [0.25, 0.3) is 0 Å². The number of hydrogen-bond donors (Lipinski definition) is 1. The third-order valence-electron chi connectivity index (χ3n) is 3.89. The highest BCUT2D eigenvalue weighted by Gasteiger charge is 2.32. The fourth-order valence-corrected chi connectivity index (χ4v) is 2.72. The Kier molecular flexibility index (Phi) is 6.58. The topological polar surface area (TPSA) is 109 Å². The predicted molar refractivity (Wildman–Crippen MR) is 98.0 cm³/mol. The van der Waals surface area contributed by atoms with E-state index in [0.717, 1.165) is 11.3 Å². The van der Waals surface area contributed by atoms with Crippen LogP contribution in [0.15, 0.2) is 24.3 Å². The summed E-state index contributed by atoms with van der Waals surface area (Å²) in [5.41, 5.74) is 1.02. The maximum absolute atomic E-state index is 11.0. The Bertz CT molecular complexity index is 777. The van der Waals surface area contributed by atoms with Gasteiger partial charge in [0.15, 0.2) is 12.1 Å². The SMILES string of the molecule is CC(=O)OCC1[CH]C(O)[CH]C(n2nnc(Cc3ccc(OC(C)C)cc3)n2)O1. The maximum Gasteiger partial charge on any atom is 0.302 e. The van der Waals surface area contributed by atoms with Crippen molar-refractivity contribution in [2.75, 3.05) is 6.61 Å². The molecule has 2 heterocycles. The van der Waals surface area contributed by atoms with E-state index in [4.69, 9.17) is 14.2 Å². The van der Waals surface area contributed by atoms with Gasteiger partial charge < -0.3 is 19.3 Å². The highest BCUT2D eigenvalue weighted by atomic mass is 16.6. The minimum Gasteiger partial charge on any atom is -0.491 e. The first-order chi connectivity index (χ1) is 13.4. The molecule has 2 aromatic rings. The van der Waals surface area contributed by atoms with Gasteiger partial charge in [-0.1, -0.05) is 12.1 Å². The van der Waals surface area contributed by atoms with E-state index in [-0.39, 0.29) is 12.7 Å². The van der Waals surface area contributed by atoms with Crippen LogP contribution in [0.5, 0.6) is 5.75 Å². The molecule has 1 N–H and O–H groups in total. The summed E-state index contributed by atoms with van der Waals surface area (Å²) in [6.45, 7) is 5.29. The molecule has 1 saturated heterocycles. The number of carbonyl (C=O) groups excluding carboxylic acids is 1. The minimum atomic E-state index is -0.831. The maximum atomic E-state index is 11.0. The van der Waals surface area contributed by atoms with Crippen molar-refractivity contribution in [3.8, 4) is 5.75 Å². The molecule has 1 fully saturated rings. The van der Waals surface area contributed by atoms with Gasteiger partial charge in [-0.2, -0.15) is 0 Å². The molecule has 3 atom stereocenters. The van der Waals surface area contributed by atoms with Crippen LogP contribution in [0.3, 0.4) is 0 Å². The van der Waals surface area contributed by atoms with Gasteiger partial charge in [-0.3, -0.25) is 4.79 Å². The number of aliphatic hydroxyl groups is 1. The zero-order valence-corrected chi connectivity index (χ0v) is 16.1. The molecule has 0 bridgehead atoms. The number of nitrogens with zero attached hydrogens (tertiary/aromatic N) is 4. The van der Waals surface area contributed by atoms with E-state index in [0.29, 0.717) is 12.2 Å². The second kappa shape index (κ2) is 9.11. The molecule has 3 rings (SSSR count). The van der Waals surface area contributed by atoms with Crippen molar-refractivity contribution in [2.24, 2.45) is 0 Å². The van der Waals surface area contributed by atoms with E-state index in [1.165, 1.54) is 24.6 Å². The van der Waals surface area contributed by atoms with E-state index < -0.39 is 24.4 Å². The fraction of sp³-hybridized carbons (Fsp3) is 0.474. The van der Waals surface area contributed by atoms with Crippen molar-refractivity contribution in [1.82, 2.24) is 20.2 Å². The third kappa shape index (κ3) is 5.74. The molecule has 0 amide bonds. The lowest BCUT2D eigenvalue weighted by molar-refractivity contribution is -0.150. The van der Waals surface area contributed by atoms with Gasteiger partial charge in [0, 0.05) is 26.2 Å². The van der Waals surface area contributed by atoms with Gasteiger partial charge in [0.2, 0.25) is 0 Å². The van der Waals surface area contributed by atoms with Crippen molar-refractivity contribution in [3.05, 3.63) is 48.5 Å². The quantitative estimate of drug-likeness (QED) is 0.707. The molecule has 0 aliphatic carbocycles. The lowest BCUT2D eigenvalue weighted by Crippen LogP contribution is -2.38. The van der Waals surface area contributed by atoms with E-state index in [2.05, 4.69) is 15.4 Å². The van der Waals surface area contributed by atoms with Crippen molar-refractivity contribution < 1.29 is 24.1 Å². The van der Waals surface area contributed by atoms with Gasteiger partial charge in [0.05, 0.1) is 12.2 Å². The first kappa shape index (κ1) is 20.2. The largest absolute Gasteiger partial charge is 0.491 e. The van der Waals surface area contributed by atoms with Crippen LogP contribution in [0.2, 0.25) is 0 Å². The van der Waals surface area contributed by atoms with Crippen LogP contribution in [0.1, 0.15) is 38.4 Å². The summed E-state index contributed by atoms with van der Waals surface area (Å²) in [6.07, 6.45) is 1.60. The van der Waals surface area contributed by atoms with Gasteiger partial charge in [0.1, 0.15) is 18.5 Å². The number of esters is 1. The number of carbonyl (C=O) groups is 1. The standard InChI is InChI=1S/C19H24N4O5/c1-12(2)27-16-6-4-14(5-7-16)8-18-20-22-23(21-18)19-10-15(25)9-17(28-19)11-26-13(3)24/h4-7,9-10,12,15,17,19,25H,8,11H2,1-3H3. The fourth-order valence-electron chi connectivity index (χ4n) is 2.72. The Labute approximate surface area is 163 Å². The molecule has 2 radical (unpaired) electrons. The molecule has 3 unspecified atom stereocenters. The molecule has 28 heavy (non-hydrogen) atoms. The van der Waals surface area contributed by atoms with Gasteiger partial charge in [0.25, 0.3) is 0 Å². The van der Waals surface area contributed by atoms with Crippen LogP contribution in [-0.2, 0) is 20.7 Å². The predicted octanol–water partition coefficient (Wildman–Crippen LogP) is 1.28. The van der Waals surface area contributed by atoms with Gasteiger partial charge in [-0.15, -0.1) is 15.0 Å². The zero-order valence-electron chi connectivity index (χ0n) is 16.1. The summed E-state index contributed by atoms with van der Waals surface area (Å²) in [7, 11) is 0. The number of aromatic nitrogens is 4. The first-order valence-corrected chi connectivity index (χ1v) is 9.10. The Morgan fingerprint density at radius 2 is 2.04 bits per heavy atom. The number of benzene rings is 1. The monoisotopic (exact) mass is 388 g/mol. The molecule has 1 aromatic heterocycles. The third-order valence-corrected chi connectivity index (χ3v) is 3.89. The van der Waals surface area contributed by atoms with E-state index in [9.17, 15) is 9.90 Å². The molecule has 9 nitrogen and oxygen atoms in total. The van der Waals surface area contributed by atoms with Crippen LogP contribution in [0, 0.1) is 12.8 Å². The Morgan fingerprint density at radius 3 is 2.71 bits per heavy atom.